The third-order valence-corrected chi connectivity index (χ3v) is 1.43. The van der Waals surface area contributed by atoms with Gasteiger partial charge in [-0.15, -0.1) is 0 Å². The molecule has 0 aliphatic carbocycles. The average Bonchev–Trinajstić information content (AvgIpc) is 2.07. The van der Waals surface area contributed by atoms with Crippen molar-refractivity contribution in [2.45, 2.75) is 6.92 Å². The minimum Gasteiger partial charge on any atom is -0.328 e. The first kappa shape index (κ1) is 8.46. The normalized spacial score (nSPS) is 10.4. The van der Waals surface area contributed by atoms with Crippen LogP contribution in [-0.4, -0.2) is 11.3 Å². The number of hydrogen-bond donors (Lipinski definition) is 1. The van der Waals surface area contributed by atoms with Crippen LogP contribution in [0.25, 0.3) is 6.08 Å². The van der Waals surface area contributed by atoms with E-state index in [9.17, 15) is 9.59 Å². The molecule has 62 valence electrons. The highest BCUT2D eigenvalue weighted by molar-refractivity contribution is 5.73. The molecule has 0 atom stereocenters. The fraction of sp³-hybridized carbons (Fsp3) is 0.111. The van der Waals surface area contributed by atoms with Crippen LogP contribution >= 0.6 is 0 Å². The fourth-order valence-corrected chi connectivity index (χ4v) is 0.882. The summed E-state index contributed by atoms with van der Waals surface area (Å²) < 4.78 is 0. The van der Waals surface area contributed by atoms with Crippen molar-refractivity contribution in [3.63, 3.8) is 0 Å². The van der Waals surface area contributed by atoms with Crippen LogP contribution in [0, 0.1) is 6.92 Å². The number of aldehydes is 1. The molecule has 3 nitrogen and oxygen atoms in total. The summed E-state index contributed by atoms with van der Waals surface area (Å²) in [6.45, 7) is 1.87. The Morgan fingerprint density at radius 3 is 2.92 bits per heavy atom. The smallest absolute Gasteiger partial charge is 0.255 e. The Morgan fingerprint density at radius 2 is 2.25 bits per heavy atom. The van der Waals surface area contributed by atoms with Crippen molar-refractivity contribution < 1.29 is 4.79 Å². The van der Waals surface area contributed by atoms with Crippen molar-refractivity contribution in [2.24, 2.45) is 0 Å². The number of aromatic nitrogens is 1. The summed E-state index contributed by atoms with van der Waals surface area (Å²) in [4.78, 5) is 23.6. The van der Waals surface area contributed by atoms with Crippen LogP contribution < -0.4 is 5.56 Å². The Labute approximate surface area is 69.7 Å². The van der Waals surface area contributed by atoms with E-state index in [0.717, 1.165) is 5.56 Å². The van der Waals surface area contributed by atoms with Crippen LogP contribution in [0.5, 0.6) is 0 Å². The van der Waals surface area contributed by atoms with Gasteiger partial charge in [0.15, 0.2) is 0 Å². The molecule has 0 unspecified atom stereocenters. The molecule has 0 aliphatic heterocycles. The van der Waals surface area contributed by atoms with Gasteiger partial charge in [0.05, 0.1) is 0 Å². The van der Waals surface area contributed by atoms with Gasteiger partial charge in [-0.2, -0.15) is 0 Å². The second kappa shape index (κ2) is 3.67. The maximum Gasteiger partial charge on any atom is 0.255 e. The summed E-state index contributed by atoms with van der Waals surface area (Å²) in [6.07, 6.45) is 5.05. The molecular weight excluding hydrogens is 154 g/mol. The third-order valence-electron chi connectivity index (χ3n) is 1.43. The molecule has 1 aromatic rings. The van der Waals surface area contributed by atoms with E-state index in [1.54, 1.807) is 12.3 Å². The SMILES string of the molecule is Cc1c[nH]c(=O)c(C=CC=O)c1. The van der Waals surface area contributed by atoms with Crippen LogP contribution in [-0.2, 0) is 4.79 Å². The van der Waals surface area contributed by atoms with Crippen LogP contribution in [0.4, 0.5) is 0 Å². The van der Waals surface area contributed by atoms with Gasteiger partial charge in [0.25, 0.3) is 5.56 Å². The largest absolute Gasteiger partial charge is 0.328 e. The third kappa shape index (κ3) is 1.92. The molecule has 0 bridgehead atoms. The number of carbonyl (C=O) groups is 1. The van der Waals surface area contributed by atoms with Crippen molar-refractivity contribution in [3.05, 3.63) is 39.8 Å². The lowest BCUT2D eigenvalue weighted by atomic mass is 10.2. The molecule has 1 N–H and O–H groups in total. The number of aryl methyl sites for hydroxylation is 1. The predicted octanol–water partition coefficient (Wildman–Crippen LogP) is 0.895. The second-order valence-corrected chi connectivity index (χ2v) is 2.46. The van der Waals surface area contributed by atoms with E-state index >= 15 is 0 Å². The van der Waals surface area contributed by atoms with E-state index < -0.39 is 0 Å². The molecule has 1 rings (SSSR count). The summed E-state index contributed by atoms with van der Waals surface area (Å²) in [5.74, 6) is 0. The van der Waals surface area contributed by atoms with E-state index in [0.29, 0.717) is 11.8 Å². The van der Waals surface area contributed by atoms with Gasteiger partial charge in [-0.1, -0.05) is 0 Å². The number of nitrogens with one attached hydrogen (secondary N) is 1. The van der Waals surface area contributed by atoms with Gasteiger partial charge in [0, 0.05) is 11.8 Å². The molecule has 0 spiro atoms. The Balaban J connectivity index is 3.14. The second-order valence-electron chi connectivity index (χ2n) is 2.46. The number of hydrogen-bond acceptors (Lipinski definition) is 2. The van der Waals surface area contributed by atoms with Gasteiger partial charge in [-0.25, -0.2) is 0 Å². The van der Waals surface area contributed by atoms with Crippen LogP contribution in [0.15, 0.2) is 23.1 Å². The van der Waals surface area contributed by atoms with Crippen molar-refractivity contribution in [1.82, 2.24) is 4.98 Å². The Morgan fingerprint density at radius 1 is 1.50 bits per heavy atom. The summed E-state index contributed by atoms with van der Waals surface area (Å²) >= 11 is 0. The first-order valence-electron chi connectivity index (χ1n) is 3.55. The van der Waals surface area contributed by atoms with Crippen molar-refractivity contribution in [2.75, 3.05) is 0 Å². The molecule has 0 saturated carbocycles. The molecule has 0 saturated heterocycles. The molecule has 0 aliphatic rings. The van der Waals surface area contributed by atoms with Crippen LogP contribution in [0.1, 0.15) is 11.1 Å². The molecule has 0 amide bonds. The number of H-pyrrole nitrogens is 1. The molecule has 0 aromatic carbocycles. The van der Waals surface area contributed by atoms with E-state index in [1.165, 1.54) is 12.2 Å². The van der Waals surface area contributed by atoms with Gasteiger partial charge < -0.3 is 4.98 Å². The lowest BCUT2D eigenvalue weighted by Gasteiger charge is -1.93. The van der Waals surface area contributed by atoms with Gasteiger partial charge in [0.2, 0.25) is 0 Å². The maximum atomic E-state index is 11.1. The van der Waals surface area contributed by atoms with Gasteiger partial charge in [0.1, 0.15) is 6.29 Å². The zero-order valence-electron chi connectivity index (χ0n) is 6.70. The van der Waals surface area contributed by atoms with E-state index in [-0.39, 0.29) is 5.56 Å². The molecule has 1 heterocycles. The molecule has 3 heteroatoms. The number of pyridine rings is 1. The number of carbonyl (C=O) groups excluding carboxylic acids is 1. The first-order chi connectivity index (χ1) is 5.74. The standard InChI is InChI=1S/C9H9NO2/c1-7-5-8(3-2-4-11)9(12)10-6-7/h2-6H,1H3,(H,10,12). The number of aromatic amines is 1. The molecule has 1 aromatic heterocycles. The topological polar surface area (TPSA) is 49.9 Å². The van der Waals surface area contributed by atoms with Crippen LogP contribution in [0.3, 0.4) is 0 Å². The molecule has 0 fully saturated rings. The lowest BCUT2D eigenvalue weighted by Crippen LogP contribution is -2.08. The Kier molecular flexibility index (Phi) is 2.58. The first-order valence-corrected chi connectivity index (χ1v) is 3.55. The number of rotatable bonds is 2. The zero-order chi connectivity index (χ0) is 8.97. The highest BCUT2D eigenvalue weighted by Crippen LogP contribution is 1.97. The number of allylic oxidation sites excluding steroid dienone is 1. The lowest BCUT2D eigenvalue weighted by molar-refractivity contribution is -0.104. The summed E-state index contributed by atoms with van der Waals surface area (Å²) in [6, 6.07) is 1.72. The van der Waals surface area contributed by atoms with Crippen molar-refractivity contribution in [1.29, 1.82) is 0 Å². The molecular formula is C9H9NO2. The quantitative estimate of drug-likeness (QED) is 0.520. The fourth-order valence-electron chi connectivity index (χ4n) is 0.882. The van der Waals surface area contributed by atoms with Gasteiger partial charge >= 0.3 is 0 Å². The highest BCUT2D eigenvalue weighted by atomic mass is 16.1. The summed E-state index contributed by atoms with van der Waals surface area (Å²) in [7, 11) is 0. The Bertz CT molecular complexity index is 363. The van der Waals surface area contributed by atoms with Crippen molar-refractivity contribution >= 4 is 12.4 Å². The highest BCUT2D eigenvalue weighted by Gasteiger charge is 1.93. The van der Waals surface area contributed by atoms with Crippen LogP contribution in [0.2, 0.25) is 0 Å². The van der Waals surface area contributed by atoms with Crippen molar-refractivity contribution in [3.8, 4) is 0 Å². The summed E-state index contributed by atoms with van der Waals surface area (Å²) in [5.41, 5.74) is 1.28. The monoisotopic (exact) mass is 163 g/mol. The Hall–Kier alpha value is -1.64. The summed E-state index contributed by atoms with van der Waals surface area (Å²) in [5, 5.41) is 0. The van der Waals surface area contributed by atoms with E-state index in [1.807, 2.05) is 6.92 Å². The van der Waals surface area contributed by atoms with E-state index in [2.05, 4.69) is 4.98 Å². The average molecular weight is 163 g/mol. The predicted molar refractivity (Wildman–Crippen MR) is 46.9 cm³/mol. The zero-order valence-corrected chi connectivity index (χ0v) is 6.70. The van der Waals surface area contributed by atoms with Gasteiger partial charge in [-0.3, -0.25) is 9.59 Å². The van der Waals surface area contributed by atoms with Gasteiger partial charge in [-0.05, 0) is 30.7 Å². The van der Waals surface area contributed by atoms with E-state index in [4.69, 9.17) is 0 Å². The molecule has 12 heavy (non-hydrogen) atoms. The molecule has 0 radical (unpaired) electrons. The minimum absolute atomic E-state index is 0.182. The maximum absolute atomic E-state index is 11.1. The minimum atomic E-state index is -0.182.